The number of benzene rings is 2. The summed E-state index contributed by atoms with van der Waals surface area (Å²) >= 11 is 0. The number of para-hydroxylation sites is 1. The fourth-order valence-corrected chi connectivity index (χ4v) is 2.58. The van der Waals surface area contributed by atoms with E-state index in [0.717, 1.165) is 22.3 Å². The summed E-state index contributed by atoms with van der Waals surface area (Å²) in [6.45, 7) is 0.474. The molecule has 2 aromatic carbocycles. The molecule has 0 saturated carbocycles. The van der Waals surface area contributed by atoms with Gasteiger partial charge in [-0.15, -0.1) is 0 Å². The standard InChI is InChI=1S/C19H17FN4/c1-24(2)19-10-13(14-6-3-4-8-18(14)23-19)12-22-17-9-5-7-16(20)15(17)11-21/h3-10,22H,12H2,1-2H3. The molecule has 0 radical (unpaired) electrons. The minimum absolute atomic E-state index is 0.0312. The van der Waals surface area contributed by atoms with Gasteiger partial charge in [-0.1, -0.05) is 24.3 Å². The lowest BCUT2D eigenvalue weighted by molar-refractivity contribution is 0.624. The molecule has 0 spiro atoms. The lowest BCUT2D eigenvalue weighted by atomic mass is 10.1. The number of hydrogen-bond acceptors (Lipinski definition) is 4. The Morgan fingerprint density at radius 3 is 2.71 bits per heavy atom. The number of nitrogens with zero attached hydrogens (tertiary/aromatic N) is 3. The Bertz CT molecular complexity index is 928. The first-order valence-corrected chi connectivity index (χ1v) is 7.58. The maximum Gasteiger partial charge on any atom is 0.143 e. The highest BCUT2D eigenvalue weighted by Crippen LogP contribution is 2.24. The number of hydrogen-bond donors (Lipinski definition) is 1. The molecule has 1 aromatic heterocycles. The molecule has 0 saturated heterocycles. The van der Waals surface area contributed by atoms with Crippen LogP contribution < -0.4 is 10.2 Å². The third kappa shape index (κ3) is 2.99. The molecule has 0 aliphatic carbocycles. The van der Waals surface area contributed by atoms with E-state index in [2.05, 4.69) is 10.3 Å². The summed E-state index contributed by atoms with van der Waals surface area (Å²) in [4.78, 5) is 6.57. The molecule has 1 heterocycles. The van der Waals surface area contributed by atoms with Crippen LogP contribution >= 0.6 is 0 Å². The zero-order chi connectivity index (χ0) is 17.1. The predicted molar refractivity (Wildman–Crippen MR) is 94.5 cm³/mol. The summed E-state index contributed by atoms with van der Waals surface area (Å²) in [6, 6.07) is 16.4. The summed E-state index contributed by atoms with van der Waals surface area (Å²) in [7, 11) is 3.88. The van der Waals surface area contributed by atoms with Crippen LogP contribution in [0.3, 0.4) is 0 Å². The number of pyridine rings is 1. The topological polar surface area (TPSA) is 52.0 Å². The highest BCUT2D eigenvalue weighted by atomic mass is 19.1. The second kappa shape index (κ2) is 6.55. The molecule has 0 aliphatic rings. The number of nitriles is 1. The van der Waals surface area contributed by atoms with E-state index >= 15 is 0 Å². The van der Waals surface area contributed by atoms with Gasteiger partial charge in [-0.2, -0.15) is 5.26 Å². The molecule has 0 bridgehead atoms. The molecule has 24 heavy (non-hydrogen) atoms. The van der Waals surface area contributed by atoms with E-state index in [1.54, 1.807) is 12.1 Å². The van der Waals surface area contributed by atoms with Crippen molar-refractivity contribution in [1.29, 1.82) is 5.26 Å². The number of fused-ring (bicyclic) bond motifs is 1. The number of anilines is 2. The van der Waals surface area contributed by atoms with Crippen molar-refractivity contribution in [1.82, 2.24) is 4.98 Å². The smallest absolute Gasteiger partial charge is 0.143 e. The van der Waals surface area contributed by atoms with Gasteiger partial charge in [0, 0.05) is 26.0 Å². The summed E-state index contributed by atoms with van der Waals surface area (Å²) in [5.41, 5.74) is 2.46. The number of nitrogens with one attached hydrogen (secondary N) is 1. The van der Waals surface area contributed by atoms with Gasteiger partial charge in [-0.3, -0.25) is 0 Å². The van der Waals surface area contributed by atoms with Crippen LogP contribution in [0, 0.1) is 17.1 Å². The lowest BCUT2D eigenvalue weighted by Crippen LogP contribution is -2.12. The van der Waals surface area contributed by atoms with Crippen LogP contribution in [-0.2, 0) is 6.54 Å². The SMILES string of the molecule is CN(C)c1cc(CNc2cccc(F)c2C#N)c2ccccc2n1. The molecule has 0 atom stereocenters. The Balaban J connectivity index is 1.99. The highest BCUT2D eigenvalue weighted by molar-refractivity contribution is 5.84. The third-order valence-corrected chi connectivity index (χ3v) is 3.84. The minimum atomic E-state index is -0.518. The monoisotopic (exact) mass is 320 g/mol. The first-order chi connectivity index (χ1) is 11.6. The van der Waals surface area contributed by atoms with E-state index < -0.39 is 5.82 Å². The highest BCUT2D eigenvalue weighted by Gasteiger charge is 2.10. The van der Waals surface area contributed by atoms with E-state index in [9.17, 15) is 4.39 Å². The van der Waals surface area contributed by atoms with Gasteiger partial charge in [-0.25, -0.2) is 9.37 Å². The van der Waals surface area contributed by atoms with E-state index in [1.165, 1.54) is 6.07 Å². The van der Waals surface area contributed by atoms with Crippen molar-refractivity contribution in [2.24, 2.45) is 0 Å². The maximum atomic E-state index is 13.7. The molecular weight excluding hydrogens is 303 g/mol. The Morgan fingerprint density at radius 1 is 1.17 bits per heavy atom. The fraction of sp³-hybridized carbons (Fsp3) is 0.158. The third-order valence-electron chi connectivity index (χ3n) is 3.84. The van der Waals surface area contributed by atoms with Gasteiger partial charge in [0.1, 0.15) is 23.3 Å². The first kappa shape index (κ1) is 15.8. The van der Waals surface area contributed by atoms with Crippen molar-refractivity contribution >= 4 is 22.4 Å². The van der Waals surface area contributed by atoms with Gasteiger partial charge in [-0.05, 0) is 29.8 Å². The first-order valence-electron chi connectivity index (χ1n) is 7.58. The second-order valence-corrected chi connectivity index (χ2v) is 5.68. The molecule has 1 N–H and O–H groups in total. The minimum Gasteiger partial charge on any atom is -0.380 e. The van der Waals surface area contributed by atoms with Crippen LogP contribution in [0.2, 0.25) is 0 Å². The van der Waals surface area contributed by atoms with Crippen LogP contribution in [-0.4, -0.2) is 19.1 Å². The summed E-state index contributed by atoms with van der Waals surface area (Å²) < 4.78 is 13.7. The van der Waals surface area contributed by atoms with Crippen molar-refractivity contribution < 1.29 is 4.39 Å². The average Bonchev–Trinajstić information content (AvgIpc) is 2.59. The Morgan fingerprint density at radius 2 is 1.96 bits per heavy atom. The largest absolute Gasteiger partial charge is 0.380 e. The van der Waals surface area contributed by atoms with Gasteiger partial charge in [0.15, 0.2) is 0 Å². The van der Waals surface area contributed by atoms with Crippen molar-refractivity contribution in [3.8, 4) is 6.07 Å². The number of rotatable bonds is 4. The Hall–Kier alpha value is -3.13. The quantitative estimate of drug-likeness (QED) is 0.791. The average molecular weight is 320 g/mol. The van der Waals surface area contributed by atoms with Crippen LogP contribution in [0.25, 0.3) is 10.9 Å². The fourth-order valence-electron chi connectivity index (χ4n) is 2.58. The van der Waals surface area contributed by atoms with Crippen LogP contribution in [0.1, 0.15) is 11.1 Å². The van der Waals surface area contributed by atoms with Gasteiger partial charge in [0.25, 0.3) is 0 Å². The predicted octanol–water partition coefficient (Wildman–Crippen LogP) is 3.92. The summed E-state index contributed by atoms with van der Waals surface area (Å²) in [5, 5.41) is 13.3. The molecule has 120 valence electrons. The normalized spacial score (nSPS) is 10.4. The van der Waals surface area contributed by atoms with Crippen molar-refractivity contribution in [2.75, 3.05) is 24.3 Å². The van der Waals surface area contributed by atoms with E-state index in [0.29, 0.717) is 12.2 Å². The number of halogens is 1. The molecule has 0 aliphatic heterocycles. The molecule has 4 nitrogen and oxygen atoms in total. The molecule has 3 rings (SSSR count). The van der Waals surface area contributed by atoms with E-state index in [1.807, 2.05) is 55.4 Å². The molecule has 0 fully saturated rings. The molecular formula is C19H17FN4. The molecule has 5 heteroatoms. The van der Waals surface area contributed by atoms with Gasteiger partial charge < -0.3 is 10.2 Å². The number of aromatic nitrogens is 1. The Labute approximate surface area is 140 Å². The summed E-state index contributed by atoms with van der Waals surface area (Å²) in [5.74, 6) is 0.335. The second-order valence-electron chi connectivity index (χ2n) is 5.68. The van der Waals surface area contributed by atoms with Crippen molar-refractivity contribution in [3.05, 3.63) is 65.5 Å². The molecule has 0 unspecified atom stereocenters. The van der Waals surface area contributed by atoms with Crippen LogP contribution in [0.15, 0.2) is 48.5 Å². The van der Waals surface area contributed by atoms with E-state index in [4.69, 9.17) is 5.26 Å². The zero-order valence-electron chi connectivity index (χ0n) is 13.5. The van der Waals surface area contributed by atoms with Crippen molar-refractivity contribution in [2.45, 2.75) is 6.54 Å². The van der Waals surface area contributed by atoms with E-state index in [-0.39, 0.29) is 5.56 Å². The van der Waals surface area contributed by atoms with Gasteiger partial charge in [0.05, 0.1) is 11.2 Å². The molecule has 0 amide bonds. The van der Waals surface area contributed by atoms with Gasteiger partial charge in [0.2, 0.25) is 0 Å². The van der Waals surface area contributed by atoms with Crippen molar-refractivity contribution in [3.63, 3.8) is 0 Å². The van der Waals surface area contributed by atoms with Gasteiger partial charge >= 0.3 is 0 Å². The Kier molecular flexibility index (Phi) is 4.30. The lowest BCUT2D eigenvalue weighted by Gasteiger charge is -2.16. The van der Waals surface area contributed by atoms with Crippen LogP contribution in [0.4, 0.5) is 15.9 Å². The molecule has 3 aromatic rings. The maximum absolute atomic E-state index is 13.7. The zero-order valence-corrected chi connectivity index (χ0v) is 13.5. The van der Waals surface area contributed by atoms with Crippen LogP contribution in [0.5, 0.6) is 0 Å². The summed E-state index contributed by atoms with van der Waals surface area (Å²) in [6.07, 6.45) is 0.